The Bertz CT molecular complexity index is 3050. The highest BCUT2D eigenvalue weighted by Gasteiger charge is 2.25. The van der Waals surface area contributed by atoms with Gasteiger partial charge in [-0.15, -0.1) is 0 Å². The molecule has 59 heavy (non-hydrogen) atoms. The second-order valence-electron chi connectivity index (χ2n) is 14.8. The van der Waals surface area contributed by atoms with Crippen LogP contribution >= 0.6 is 0 Å². The Morgan fingerprint density at radius 2 is 0.576 bits per heavy atom. The molecule has 278 valence electrons. The number of benzene rings is 10. The van der Waals surface area contributed by atoms with Crippen LogP contribution < -0.4 is 9.80 Å². The molecular formula is C56H38N2O. The van der Waals surface area contributed by atoms with E-state index in [1.807, 2.05) is 0 Å². The number of hydrogen-bond donors (Lipinski definition) is 0. The zero-order valence-corrected chi connectivity index (χ0v) is 32.2. The number of rotatable bonds is 8. The molecule has 0 radical (unpaired) electrons. The molecule has 3 heteroatoms. The summed E-state index contributed by atoms with van der Waals surface area (Å²) in [5.74, 6) is 0. The highest BCUT2D eigenvalue weighted by Crippen LogP contribution is 2.50. The topological polar surface area (TPSA) is 19.6 Å². The highest BCUT2D eigenvalue weighted by molar-refractivity contribution is 6.25. The van der Waals surface area contributed by atoms with E-state index in [2.05, 4.69) is 240 Å². The summed E-state index contributed by atoms with van der Waals surface area (Å²) in [7, 11) is 0. The first-order valence-electron chi connectivity index (χ1n) is 20.1. The summed E-state index contributed by atoms with van der Waals surface area (Å²) in [6.07, 6.45) is 0. The van der Waals surface area contributed by atoms with Crippen LogP contribution in [0.1, 0.15) is 0 Å². The summed E-state index contributed by atoms with van der Waals surface area (Å²) < 4.78 is 7.12. The van der Waals surface area contributed by atoms with Crippen molar-refractivity contribution in [3.05, 3.63) is 231 Å². The maximum absolute atomic E-state index is 7.12. The van der Waals surface area contributed by atoms with Crippen molar-refractivity contribution in [1.29, 1.82) is 0 Å². The van der Waals surface area contributed by atoms with Gasteiger partial charge in [0.2, 0.25) is 0 Å². The molecule has 1 heterocycles. The molecule has 0 saturated heterocycles. The fraction of sp³-hybridized carbons (Fsp3) is 0. The molecule has 10 aromatic carbocycles. The van der Waals surface area contributed by atoms with Crippen molar-refractivity contribution in [3.63, 3.8) is 0 Å². The summed E-state index contributed by atoms with van der Waals surface area (Å²) >= 11 is 0. The molecule has 0 bridgehead atoms. The van der Waals surface area contributed by atoms with Gasteiger partial charge in [0.1, 0.15) is 11.2 Å². The van der Waals surface area contributed by atoms with Crippen molar-refractivity contribution < 1.29 is 4.42 Å². The number of furan rings is 1. The number of para-hydroxylation sites is 4. The Balaban J connectivity index is 1.23. The Labute approximate surface area is 343 Å². The van der Waals surface area contributed by atoms with E-state index >= 15 is 0 Å². The predicted octanol–water partition coefficient (Wildman–Crippen LogP) is 16.2. The third-order valence-corrected chi connectivity index (χ3v) is 11.4. The van der Waals surface area contributed by atoms with Gasteiger partial charge in [-0.25, -0.2) is 0 Å². The molecule has 11 aromatic rings. The normalized spacial score (nSPS) is 11.4. The van der Waals surface area contributed by atoms with Crippen molar-refractivity contribution >= 4 is 77.6 Å². The van der Waals surface area contributed by atoms with Gasteiger partial charge in [-0.3, -0.25) is 0 Å². The van der Waals surface area contributed by atoms with Gasteiger partial charge in [-0.2, -0.15) is 0 Å². The lowest BCUT2D eigenvalue weighted by molar-refractivity contribution is 0.676. The minimum Gasteiger partial charge on any atom is -0.455 e. The molecule has 0 saturated carbocycles. The first-order valence-corrected chi connectivity index (χ1v) is 20.1. The van der Waals surface area contributed by atoms with E-state index in [1.54, 1.807) is 0 Å². The van der Waals surface area contributed by atoms with Gasteiger partial charge in [0.25, 0.3) is 0 Å². The molecule has 0 spiro atoms. The summed E-state index contributed by atoms with van der Waals surface area (Å²) in [5.41, 5.74) is 12.9. The van der Waals surface area contributed by atoms with E-state index in [0.29, 0.717) is 0 Å². The Morgan fingerprint density at radius 3 is 0.983 bits per heavy atom. The average Bonchev–Trinajstić information content (AvgIpc) is 3.70. The summed E-state index contributed by atoms with van der Waals surface area (Å²) in [4.78, 5) is 4.83. The van der Waals surface area contributed by atoms with Gasteiger partial charge in [-0.05, 0) is 59.7 Å². The van der Waals surface area contributed by atoms with Crippen LogP contribution in [0.3, 0.4) is 0 Å². The molecule has 0 aliphatic heterocycles. The summed E-state index contributed by atoms with van der Waals surface area (Å²) in [6.45, 7) is 0. The van der Waals surface area contributed by atoms with Crippen molar-refractivity contribution in [2.24, 2.45) is 0 Å². The van der Waals surface area contributed by atoms with Crippen LogP contribution in [-0.2, 0) is 0 Å². The monoisotopic (exact) mass is 754 g/mol. The lowest BCUT2D eigenvalue weighted by Gasteiger charge is -2.29. The van der Waals surface area contributed by atoms with Gasteiger partial charge in [-0.1, -0.05) is 182 Å². The van der Waals surface area contributed by atoms with Crippen LogP contribution in [0.2, 0.25) is 0 Å². The summed E-state index contributed by atoms with van der Waals surface area (Å²) in [6, 6.07) is 82.2. The van der Waals surface area contributed by atoms with Crippen molar-refractivity contribution in [3.8, 4) is 22.3 Å². The fourth-order valence-corrected chi connectivity index (χ4v) is 8.78. The third kappa shape index (κ3) is 5.91. The smallest absolute Gasteiger partial charge is 0.143 e. The van der Waals surface area contributed by atoms with E-state index < -0.39 is 0 Å². The lowest BCUT2D eigenvalue weighted by atomic mass is 9.97. The second-order valence-corrected chi connectivity index (χ2v) is 14.8. The molecule has 0 unspecified atom stereocenters. The minimum atomic E-state index is 0.877. The van der Waals surface area contributed by atoms with Gasteiger partial charge in [0, 0.05) is 54.8 Å². The van der Waals surface area contributed by atoms with Crippen molar-refractivity contribution in [2.75, 3.05) is 9.80 Å². The largest absolute Gasteiger partial charge is 0.455 e. The maximum atomic E-state index is 7.12. The molecule has 1 aromatic heterocycles. The predicted molar refractivity (Wildman–Crippen MR) is 249 cm³/mol. The number of fused-ring (bicyclic) bond motifs is 7. The van der Waals surface area contributed by atoms with Crippen LogP contribution in [0.25, 0.3) is 65.7 Å². The molecule has 3 nitrogen and oxygen atoms in total. The van der Waals surface area contributed by atoms with E-state index in [9.17, 15) is 0 Å². The number of hydrogen-bond acceptors (Lipinski definition) is 3. The lowest BCUT2D eigenvalue weighted by Crippen LogP contribution is -2.12. The van der Waals surface area contributed by atoms with Crippen LogP contribution in [0.4, 0.5) is 34.1 Å². The summed E-state index contributed by atoms with van der Waals surface area (Å²) in [5, 5.41) is 6.46. The molecular weight excluding hydrogens is 717 g/mol. The average molecular weight is 755 g/mol. The highest BCUT2D eigenvalue weighted by atomic mass is 16.3. The number of anilines is 6. The van der Waals surface area contributed by atoms with Crippen LogP contribution in [0, 0.1) is 0 Å². The minimum absolute atomic E-state index is 0.877. The first kappa shape index (κ1) is 34.4. The molecule has 0 atom stereocenters. The first-order chi connectivity index (χ1) is 29.3. The Morgan fingerprint density at radius 1 is 0.254 bits per heavy atom. The van der Waals surface area contributed by atoms with Gasteiger partial charge in [0.05, 0.1) is 22.7 Å². The van der Waals surface area contributed by atoms with Gasteiger partial charge < -0.3 is 14.2 Å². The Kier molecular flexibility index (Phi) is 8.49. The van der Waals surface area contributed by atoms with Crippen LogP contribution in [0.5, 0.6) is 0 Å². The molecule has 0 amide bonds. The second kappa shape index (κ2) is 14.6. The molecule has 0 N–H and O–H groups in total. The van der Waals surface area contributed by atoms with Crippen molar-refractivity contribution in [1.82, 2.24) is 0 Å². The zero-order valence-electron chi connectivity index (χ0n) is 32.2. The molecule has 11 rings (SSSR count). The van der Waals surface area contributed by atoms with Crippen LogP contribution in [-0.4, -0.2) is 0 Å². The van der Waals surface area contributed by atoms with Gasteiger partial charge >= 0.3 is 0 Å². The molecule has 0 fully saturated rings. The zero-order chi connectivity index (χ0) is 39.1. The molecule has 0 aliphatic carbocycles. The van der Waals surface area contributed by atoms with Crippen LogP contribution in [0.15, 0.2) is 235 Å². The third-order valence-electron chi connectivity index (χ3n) is 11.4. The quantitative estimate of drug-likeness (QED) is 0.154. The standard InChI is InChI=1S/C56H38N2O/c1-5-21-39(22-6-1)43-29-17-19-35-51(43)57(41-25-9-3-10-26-41)53-37-49-50-38-54(46-32-14-16-34-48(46)56(50)59-55(49)47-33-15-13-31-45(47)53)58(42-27-11-4-12-28-42)52-36-20-18-30-44(52)40-23-7-2-8-24-40/h1-38H. The van der Waals surface area contributed by atoms with E-state index in [-0.39, 0.29) is 0 Å². The van der Waals surface area contributed by atoms with E-state index in [0.717, 1.165) is 99.9 Å². The van der Waals surface area contributed by atoms with E-state index in [4.69, 9.17) is 4.42 Å². The Hall–Kier alpha value is -7.88. The SMILES string of the molecule is c1ccc(-c2ccccc2N(c2ccccc2)c2cc3c4cc(N(c5ccccc5)c5ccccc5-c5ccccc5)c5ccccc5c4oc3c3ccccc23)cc1. The van der Waals surface area contributed by atoms with Crippen molar-refractivity contribution in [2.45, 2.75) is 0 Å². The maximum Gasteiger partial charge on any atom is 0.143 e. The molecule has 0 aliphatic rings. The number of nitrogens with zero attached hydrogens (tertiary/aromatic N) is 2. The fourth-order valence-electron chi connectivity index (χ4n) is 8.78. The van der Waals surface area contributed by atoms with Gasteiger partial charge in [0.15, 0.2) is 0 Å². The van der Waals surface area contributed by atoms with E-state index in [1.165, 1.54) is 0 Å².